The summed E-state index contributed by atoms with van der Waals surface area (Å²) >= 11 is 0. The van der Waals surface area contributed by atoms with Gasteiger partial charge >= 0.3 is 0 Å². The Bertz CT molecular complexity index is 727. The summed E-state index contributed by atoms with van der Waals surface area (Å²) in [6.07, 6.45) is 2.05. The number of aliphatic imine (C=N–C) groups is 1. The van der Waals surface area contributed by atoms with E-state index in [4.69, 9.17) is 4.74 Å². The molecular formula is C22H30IN3O. The first kappa shape index (κ1) is 21.7. The topological polar surface area (TPSA) is 45.7 Å². The van der Waals surface area contributed by atoms with E-state index in [1.54, 1.807) is 0 Å². The first-order chi connectivity index (χ1) is 12.7. The summed E-state index contributed by atoms with van der Waals surface area (Å²) in [4.78, 5) is 4.41. The van der Waals surface area contributed by atoms with Gasteiger partial charge in [0.15, 0.2) is 5.96 Å². The number of ether oxygens (including phenoxy) is 1. The van der Waals surface area contributed by atoms with E-state index in [0.717, 1.165) is 45.1 Å². The highest BCUT2D eigenvalue weighted by Crippen LogP contribution is 2.34. The molecule has 0 aliphatic carbocycles. The van der Waals surface area contributed by atoms with Crippen LogP contribution in [-0.2, 0) is 16.7 Å². The molecule has 1 aliphatic rings. The summed E-state index contributed by atoms with van der Waals surface area (Å²) in [6.45, 7) is 5.39. The van der Waals surface area contributed by atoms with Crippen molar-refractivity contribution >= 4 is 29.9 Å². The fourth-order valence-electron chi connectivity index (χ4n) is 3.58. The summed E-state index contributed by atoms with van der Waals surface area (Å²) in [7, 11) is 1.83. The van der Waals surface area contributed by atoms with Crippen molar-refractivity contribution in [2.45, 2.75) is 31.7 Å². The molecule has 146 valence electrons. The lowest BCUT2D eigenvalue weighted by atomic mass is 9.74. The van der Waals surface area contributed by atoms with Crippen molar-refractivity contribution in [1.29, 1.82) is 0 Å². The second kappa shape index (κ2) is 10.7. The predicted octanol–water partition coefficient (Wildman–Crippen LogP) is 4.03. The van der Waals surface area contributed by atoms with Crippen LogP contribution in [0.2, 0.25) is 0 Å². The third-order valence-corrected chi connectivity index (χ3v) is 5.36. The van der Waals surface area contributed by atoms with E-state index in [2.05, 4.69) is 77.1 Å². The molecule has 0 aromatic heterocycles. The van der Waals surface area contributed by atoms with Crippen molar-refractivity contribution in [1.82, 2.24) is 10.6 Å². The number of hydrogen-bond acceptors (Lipinski definition) is 2. The van der Waals surface area contributed by atoms with Gasteiger partial charge in [0, 0.05) is 38.8 Å². The number of guanidine groups is 1. The number of rotatable bonds is 5. The monoisotopic (exact) mass is 479 g/mol. The van der Waals surface area contributed by atoms with E-state index in [1.165, 1.54) is 16.7 Å². The van der Waals surface area contributed by atoms with Gasteiger partial charge in [-0.2, -0.15) is 0 Å². The average molecular weight is 479 g/mol. The zero-order valence-electron chi connectivity index (χ0n) is 16.2. The lowest BCUT2D eigenvalue weighted by molar-refractivity contribution is 0.0514. The second-order valence-corrected chi connectivity index (χ2v) is 6.96. The van der Waals surface area contributed by atoms with Crippen molar-refractivity contribution in [3.63, 3.8) is 0 Å². The summed E-state index contributed by atoms with van der Waals surface area (Å²) in [5.74, 6) is 0.843. The molecule has 0 unspecified atom stereocenters. The van der Waals surface area contributed by atoms with Crippen LogP contribution in [0.3, 0.4) is 0 Å². The molecule has 0 atom stereocenters. The van der Waals surface area contributed by atoms with Gasteiger partial charge in [-0.15, -0.1) is 24.0 Å². The highest BCUT2D eigenvalue weighted by atomic mass is 127. The third-order valence-electron chi connectivity index (χ3n) is 5.36. The first-order valence-corrected chi connectivity index (χ1v) is 9.36. The molecule has 27 heavy (non-hydrogen) atoms. The molecule has 1 aliphatic heterocycles. The van der Waals surface area contributed by atoms with Crippen LogP contribution in [0.4, 0.5) is 0 Å². The van der Waals surface area contributed by atoms with Gasteiger partial charge in [0.25, 0.3) is 0 Å². The highest BCUT2D eigenvalue weighted by molar-refractivity contribution is 14.0. The average Bonchev–Trinajstić information content (AvgIpc) is 2.71. The number of hydrogen-bond donors (Lipinski definition) is 2. The van der Waals surface area contributed by atoms with E-state index < -0.39 is 0 Å². The molecule has 5 heteroatoms. The van der Waals surface area contributed by atoms with E-state index in [0.29, 0.717) is 0 Å². The smallest absolute Gasteiger partial charge is 0.191 e. The highest BCUT2D eigenvalue weighted by Gasteiger charge is 2.34. The molecule has 2 aromatic rings. The minimum atomic E-state index is 0. The fourth-order valence-corrected chi connectivity index (χ4v) is 3.58. The zero-order chi connectivity index (χ0) is 18.2. The number of aryl methyl sites for hydroxylation is 1. The maximum absolute atomic E-state index is 5.62. The van der Waals surface area contributed by atoms with Crippen molar-refractivity contribution < 1.29 is 4.74 Å². The number of nitrogens with one attached hydrogen (secondary N) is 2. The third kappa shape index (κ3) is 5.69. The second-order valence-electron chi connectivity index (χ2n) is 6.96. The summed E-state index contributed by atoms with van der Waals surface area (Å²) in [6, 6.07) is 19.2. The van der Waals surface area contributed by atoms with Crippen LogP contribution in [0, 0.1) is 6.92 Å². The SMILES string of the molecule is CN=C(NCc1ccccc1C)NCC1(c2ccccc2)CCOCC1.I. The molecular weight excluding hydrogens is 449 g/mol. The van der Waals surface area contributed by atoms with Crippen LogP contribution < -0.4 is 10.6 Å². The molecule has 0 radical (unpaired) electrons. The molecule has 1 saturated heterocycles. The van der Waals surface area contributed by atoms with Crippen LogP contribution in [0.5, 0.6) is 0 Å². The van der Waals surface area contributed by atoms with E-state index in [-0.39, 0.29) is 29.4 Å². The van der Waals surface area contributed by atoms with Crippen molar-refractivity contribution in [2.75, 3.05) is 26.8 Å². The predicted molar refractivity (Wildman–Crippen MR) is 123 cm³/mol. The molecule has 2 N–H and O–H groups in total. The molecule has 0 bridgehead atoms. The number of halogens is 1. The molecule has 1 fully saturated rings. The van der Waals surface area contributed by atoms with Gasteiger partial charge in [0.2, 0.25) is 0 Å². The van der Waals surface area contributed by atoms with Gasteiger partial charge in [-0.05, 0) is 36.5 Å². The van der Waals surface area contributed by atoms with Crippen molar-refractivity contribution in [2.24, 2.45) is 4.99 Å². The van der Waals surface area contributed by atoms with Crippen LogP contribution in [0.1, 0.15) is 29.5 Å². The van der Waals surface area contributed by atoms with Crippen LogP contribution in [0.15, 0.2) is 59.6 Å². The van der Waals surface area contributed by atoms with Gasteiger partial charge in [-0.25, -0.2) is 0 Å². The molecule has 3 rings (SSSR count). The Labute approximate surface area is 179 Å². The Hall–Kier alpha value is -1.60. The minimum Gasteiger partial charge on any atom is -0.381 e. The lowest BCUT2D eigenvalue weighted by Crippen LogP contribution is -2.47. The van der Waals surface area contributed by atoms with Crippen LogP contribution >= 0.6 is 24.0 Å². The van der Waals surface area contributed by atoms with Crippen LogP contribution in [-0.4, -0.2) is 32.8 Å². The normalized spacial score (nSPS) is 16.3. The first-order valence-electron chi connectivity index (χ1n) is 9.36. The Morgan fingerprint density at radius 3 is 2.33 bits per heavy atom. The largest absolute Gasteiger partial charge is 0.381 e. The molecule has 2 aromatic carbocycles. The van der Waals surface area contributed by atoms with Crippen LogP contribution in [0.25, 0.3) is 0 Å². The van der Waals surface area contributed by atoms with Gasteiger partial charge in [0.05, 0.1) is 0 Å². The van der Waals surface area contributed by atoms with E-state index in [9.17, 15) is 0 Å². The van der Waals surface area contributed by atoms with E-state index >= 15 is 0 Å². The number of nitrogens with zero attached hydrogens (tertiary/aromatic N) is 1. The summed E-state index contributed by atoms with van der Waals surface area (Å²) in [5.41, 5.74) is 4.06. The van der Waals surface area contributed by atoms with Gasteiger partial charge in [0.1, 0.15) is 0 Å². The molecule has 4 nitrogen and oxygen atoms in total. The van der Waals surface area contributed by atoms with Gasteiger partial charge in [-0.3, -0.25) is 4.99 Å². The molecule has 1 heterocycles. The zero-order valence-corrected chi connectivity index (χ0v) is 18.5. The molecule has 0 spiro atoms. The lowest BCUT2D eigenvalue weighted by Gasteiger charge is -2.38. The van der Waals surface area contributed by atoms with Crippen molar-refractivity contribution in [3.05, 3.63) is 71.3 Å². The van der Waals surface area contributed by atoms with Gasteiger partial charge < -0.3 is 15.4 Å². The molecule has 0 amide bonds. The van der Waals surface area contributed by atoms with E-state index in [1.807, 2.05) is 7.05 Å². The fraction of sp³-hybridized carbons (Fsp3) is 0.409. The van der Waals surface area contributed by atoms with Crippen molar-refractivity contribution in [3.8, 4) is 0 Å². The Balaban J connectivity index is 0.00000261. The number of benzene rings is 2. The Morgan fingerprint density at radius 1 is 1.00 bits per heavy atom. The van der Waals surface area contributed by atoms with Gasteiger partial charge in [-0.1, -0.05) is 54.6 Å². The molecule has 0 saturated carbocycles. The standard InChI is InChI=1S/C22H29N3O.HI/c1-18-8-6-7-9-19(18)16-24-21(23-2)25-17-22(12-14-26-15-13-22)20-10-4-3-5-11-20;/h3-11H,12-17H2,1-2H3,(H2,23,24,25);1H. The Kier molecular flexibility index (Phi) is 8.57. The maximum atomic E-state index is 5.62. The minimum absolute atomic E-state index is 0. The quantitative estimate of drug-likeness (QED) is 0.387. The maximum Gasteiger partial charge on any atom is 0.191 e. The summed E-state index contributed by atoms with van der Waals surface area (Å²) < 4.78 is 5.62. The Morgan fingerprint density at radius 2 is 1.67 bits per heavy atom. The summed E-state index contributed by atoms with van der Waals surface area (Å²) in [5, 5.41) is 6.99.